The first-order valence-electron chi connectivity index (χ1n) is 3.56. The van der Waals surface area contributed by atoms with E-state index in [1.54, 1.807) is 32.7 Å². The van der Waals surface area contributed by atoms with Gasteiger partial charge in [0.25, 0.3) is 0 Å². The Kier molecular flexibility index (Phi) is 3.14. The molecule has 1 heterocycles. The molecule has 0 aliphatic heterocycles. The molecule has 3 heteroatoms. The SMILES string of the molecule is CO/C=C/c1ccc(OC)nc1. The molecule has 1 rings (SSSR count). The molecule has 12 heavy (non-hydrogen) atoms. The number of pyridine rings is 1. The van der Waals surface area contributed by atoms with E-state index in [0.717, 1.165) is 5.56 Å². The standard InChI is InChI=1S/C9H11NO2/c1-11-6-5-8-3-4-9(12-2)10-7-8/h3-7H,1-2H3/b6-5+. The Morgan fingerprint density at radius 3 is 2.67 bits per heavy atom. The van der Waals surface area contributed by atoms with Crippen LogP contribution in [0.3, 0.4) is 0 Å². The van der Waals surface area contributed by atoms with E-state index in [1.807, 2.05) is 12.1 Å². The Bertz CT molecular complexity index is 254. The zero-order valence-electron chi connectivity index (χ0n) is 7.15. The van der Waals surface area contributed by atoms with Crippen molar-refractivity contribution in [2.24, 2.45) is 0 Å². The van der Waals surface area contributed by atoms with Crippen LogP contribution in [0.2, 0.25) is 0 Å². The van der Waals surface area contributed by atoms with Gasteiger partial charge in [-0.15, -0.1) is 0 Å². The number of ether oxygens (including phenoxy) is 2. The third-order valence-corrected chi connectivity index (χ3v) is 1.36. The van der Waals surface area contributed by atoms with Crippen molar-refractivity contribution < 1.29 is 9.47 Å². The van der Waals surface area contributed by atoms with E-state index in [-0.39, 0.29) is 0 Å². The van der Waals surface area contributed by atoms with Gasteiger partial charge in [-0.25, -0.2) is 4.98 Å². The summed E-state index contributed by atoms with van der Waals surface area (Å²) in [5.41, 5.74) is 0.984. The van der Waals surface area contributed by atoms with Crippen LogP contribution in [0.25, 0.3) is 6.08 Å². The van der Waals surface area contributed by atoms with Crippen molar-refractivity contribution in [2.75, 3.05) is 14.2 Å². The Balaban J connectivity index is 2.71. The molecule has 1 aromatic heterocycles. The molecule has 0 aromatic carbocycles. The van der Waals surface area contributed by atoms with Gasteiger partial charge in [0.05, 0.1) is 20.5 Å². The smallest absolute Gasteiger partial charge is 0.212 e. The van der Waals surface area contributed by atoms with Crippen molar-refractivity contribution in [3.8, 4) is 5.88 Å². The number of rotatable bonds is 3. The van der Waals surface area contributed by atoms with Crippen molar-refractivity contribution >= 4 is 6.08 Å². The third kappa shape index (κ3) is 2.27. The Morgan fingerprint density at radius 1 is 1.33 bits per heavy atom. The average molecular weight is 165 g/mol. The summed E-state index contributed by atoms with van der Waals surface area (Å²) in [5.74, 6) is 0.615. The third-order valence-electron chi connectivity index (χ3n) is 1.36. The normalized spacial score (nSPS) is 10.2. The molecule has 0 N–H and O–H groups in total. The molecule has 0 spiro atoms. The molecular weight excluding hydrogens is 154 g/mol. The number of methoxy groups -OCH3 is 2. The first-order valence-corrected chi connectivity index (χ1v) is 3.56. The molecule has 0 fully saturated rings. The summed E-state index contributed by atoms with van der Waals surface area (Å²) in [6.45, 7) is 0. The number of hydrogen-bond acceptors (Lipinski definition) is 3. The maximum Gasteiger partial charge on any atom is 0.212 e. The van der Waals surface area contributed by atoms with Crippen LogP contribution < -0.4 is 4.74 Å². The molecule has 0 saturated heterocycles. The van der Waals surface area contributed by atoms with Crippen molar-refractivity contribution in [3.63, 3.8) is 0 Å². The molecule has 0 aliphatic carbocycles. The maximum absolute atomic E-state index is 4.91. The molecule has 0 saturated carbocycles. The second-order valence-electron chi connectivity index (χ2n) is 2.17. The molecule has 0 unspecified atom stereocenters. The molecular formula is C9H11NO2. The van der Waals surface area contributed by atoms with E-state index in [2.05, 4.69) is 4.98 Å². The minimum atomic E-state index is 0.615. The van der Waals surface area contributed by atoms with E-state index in [9.17, 15) is 0 Å². The molecule has 0 atom stereocenters. The Hall–Kier alpha value is -1.51. The van der Waals surface area contributed by atoms with Crippen LogP contribution in [-0.2, 0) is 4.74 Å². The fraction of sp³-hybridized carbons (Fsp3) is 0.222. The van der Waals surface area contributed by atoms with Crippen molar-refractivity contribution in [1.29, 1.82) is 0 Å². The minimum absolute atomic E-state index is 0.615. The van der Waals surface area contributed by atoms with Gasteiger partial charge >= 0.3 is 0 Å². The molecule has 0 radical (unpaired) electrons. The summed E-state index contributed by atoms with van der Waals surface area (Å²) in [6.07, 6.45) is 5.14. The van der Waals surface area contributed by atoms with E-state index >= 15 is 0 Å². The van der Waals surface area contributed by atoms with Crippen LogP contribution in [0.4, 0.5) is 0 Å². The van der Waals surface area contributed by atoms with Crippen LogP contribution in [0, 0.1) is 0 Å². The van der Waals surface area contributed by atoms with Gasteiger partial charge in [0.15, 0.2) is 0 Å². The summed E-state index contributed by atoms with van der Waals surface area (Å²) in [5, 5.41) is 0. The largest absolute Gasteiger partial charge is 0.504 e. The number of nitrogens with zero attached hydrogens (tertiary/aromatic N) is 1. The molecule has 0 bridgehead atoms. The van der Waals surface area contributed by atoms with Gasteiger partial charge in [-0.3, -0.25) is 0 Å². The lowest BCUT2D eigenvalue weighted by Crippen LogP contribution is -1.86. The topological polar surface area (TPSA) is 31.4 Å². The lowest BCUT2D eigenvalue weighted by atomic mass is 10.3. The van der Waals surface area contributed by atoms with Gasteiger partial charge in [0.2, 0.25) is 5.88 Å². The number of aromatic nitrogens is 1. The Morgan fingerprint density at radius 2 is 2.17 bits per heavy atom. The second-order valence-corrected chi connectivity index (χ2v) is 2.17. The van der Waals surface area contributed by atoms with E-state index in [1.165, 1.54) is 0 Å². The predicted octanol–water partition coefficient (Wildman–Crippen LogP) is 1.71. The van der Waals surface area contributed by atoms with Gasteiger partial charge in [-0.05, 0) is 17.7 Å². The maximum atomic E-state index is 4.91. The van der Waals surface area contributed by atoms with Crippen LogP contribution in [-0.4, -0.2) is 19.2 Å². The van der Waals surface area contributed by atoms with Gasteiger partial charge in [-0.1, -0.05) is 0 Å². The molecule has 0 aliphatic rings. The lowest BCUT2D eigenvalue weighted by molar-refractivity contribution is 0.341. The molecule has 3 nitrogen and oxygen atoms in total. The van der Waals surface area contributed by atoms with Crippen LogP contribution >= 0.6 is 0 Å². The highest BCUT2D eigenvalue weighted by molar-refractivity contribution is 5.46. The summed E-state index contributed by atoms with van der Waals surface area (Å²) < 4.78 is 9.67. The summed E-state index contributed by atoms with van der Waals surface area (Å²) >= 11 is 0. The molecule has 0 amide bonds. The minimum Gasteiger partial charge on any atom is -0.504 e. The van der Waals surface area contributed by atoms with Gasteiger partial charge in [0, 0.05) is 12.3 Å². The van der Waals surface area contributed by atoms with Crippen molar-refractivity contribution in [3.05, 3.63) is 30.2 Å². The summed E-state index contributed by atoms with van der Waals surface area (Å²) in [7, 11) is 3.19. The van der Waals surface area contributed by atoms with E-state index in [4.69, 9.17) is 9.47 Å². The van der Waals surface area contributed by atoms with Crippen LogP contribution in [0.15, 0.2) is 24.6 Å². The average Bonchev–Trinajstić information content (AvgIpc) is 2.15. The lowest BCUT2D eigenvalue weighted by Gasteiger charge is -1.97. The van der Waals surface area contributed by atoms with Crippen molar-refractivity contribution in [1.82, 2.24) is 4.98 Å². The van der Waals surface area contributed by atoms with Gasteiger partial charge < -0.3 is 9.47 Å². The van der Waals surface area contributed by atoms with Crippen molar-refractivity contribution in [2.45, 2.75) is 0 Å². The zero-order valence-corrected chi connectivity index (χ0v) is 7.15. The summed E-state index contributed by atoms with van der Waals surface area (Å²) in [6, 6.07) is 3.71. The fourth-order valence-electron chi connectivity index (χ4n) is 0.758. The number of hydrogen-bond donors (Lipinski definition) is 0. The monoisotopic (exact) mass is 165 g/mol. The molecule has 1 aromatic rings. The van der Waals surface area contributed by atoms with Crippen LogP contribution in [0.5, 0.6) is 5.88 Å². The molecule has 64 valence electrons. The van der Waals surface area contributed by atoms with Crippen LogP contribution in [0.1, 0.15) is 5.56 Å². The fourth-order valence-corrected chi connectivity index (χ4v) is 0.758. The quantitative estimate of drug-likeness (QED) is 0.639. The highest BCUT2D eigenvalue weighted by atomic mass is 16.5. The Labute approximate surface area is 71.6 Å². The predicted molar refractivity (Wildman–Crippen MR) is 46.8 cm³/mol. The van der Waals surface area contributed by atoms with Gasteiger partial charge in [-0.2, -0.15) is 0 Å². The highest BCUT2D eigenvalue weighted by Crippen LogP contribution is 2.07. The van der Waals surface area contributed by atoms with Gasteiger partial charge in [0.1, 0.15) is 0 Å². The van der Waals surface area contributed by atoms with E-state index in [0.29, 0.717) is 5.88 Å². The first kappa shape index (κ1) is 8.59. The first-order chi connectivity index (χ1) is 5.86. The second kappa shape index (κ2) is 4.38. The highest BCUT2D eigenvalue weighted by Gasteiger charge is 1.90. The zero-order chi connectivity index (χ0) is 8.81. The summed E-state index contributed by atoms with van der Waals surface area (Å²) in [4.78, 5) is 4.02. The van der Waals surface area contributed by atoms with E-state index < -0.39 is 0 Å².